The van der Waals surface area contributed by atoms with E-state index in [1.54, 1.807) is 11.9 Å². The van der Waals surface area contributed by atoms with Crippen LogP contribution in [0.5, 0.6) is 11.5 Å². The van der Waals surface area contributed by atoms with Crippen molar-refractivity contribution in [2.24, 2.45) is 0 Å². The summed E-state index contributed by atoms with van der Waals surface area (Å²) in [5, 5.41) is 0. The van der Waals surface area contributed by atoms with Crippen molar-refractivity contribution in [1.29, 1.82) is 0 Å². The number of carbonyl (C=O) groups is 1. The van der Waals surface area contributed by atoms with E-state index in [1.807, 2.05) is 31.2 Å². The Kier molecular flexibility index (Phi) is 6.05. The van der Waals surface area contributed by atoms with Crippen molar-refractivity contribution in [3.8, 4) is 11.5 Å². The summed E-state index contributed by atoms with van der Waals surface area (Å²) in [6.07, 6.45) is 0.982. The van der Waals surface area contributed by atoms with Gasteiger partial charge in [-0.05, 0) is 37.6 Å². The molecule has 100 valence electrons. The van der Waals surface area contributed by atoms with Crippen LogP contribution < -0.4 is 9.47 Å². The fraction of sp³-hybridized carbons (Fsp3) is 0.500. The van der Waals surface area contributed by atoms with Crippen molar-refractivity contribution in [2.75, 3.05) is 26.8 Å². The number of amides is 1. The van der Waals surface area contributed by atoms with Crippen LogP contribution in [0.4, 0.5) is 0 Å². The van der Waals surface area contributed by atoms with Gasteiger partial charge in [0, 0.05) is 13.6 Å². The highest BCUT2D eigenvalue weighted by Crippen LogP contribution is 2.17. The first-order valence-corrected chi connectivity index (χ1v) is 6.27. The topological polar surface area (TPSA) is 38.8 Å². The minimum Gasteiger partial charge on any atom is -0.494 e. The lowest BCUT2D eigenvalue weighted by molar-refractivity contribution is -0.131. The van der Waals surface area contributed by atoms with Gasteiger partial charge in [0.25, 0.3) is 5.91 Å². The summed E-state index contributed by atoms with van der Waals surface area (Å²) in [5.74, 6) is 1.47. The standard InChI is InChI=1S/C14H21NO3/c1-4-10-17-12-6-8-13(9-7-12)18-11-14(16)15(3)5-2/h6-9H,4-5,10-11H2,1-3H3. The summed E-state index contributed by atoms with van der Waals surface area (Å²) < 4.78 is 10.9. The molecule has 0 atom stereocenters. The van der Waals surface area contributed by atoms with Gasteiger partial charge in [0.15, 0.2) is 6.61 Å². The number of ether oxygens (including phenoxy) is 2. The van der Waals surface area contributed by atoms with Gasteiger partial charge in [-0.3, -0.25) is 4.79 Å². The van der Waals surface area contributed by atoms with E-state index in [2.05, 4.69) is 6.92 Å². The molecule has 0 saturated heterocycles. The zero-order valence-corrected chi connectivity index (χ0v) is 11.3. The molecule has 0 unspecified atom stereocenters. The highest BCUT2D eigenvalue weighted by Gasteiger charge is 2.07. The van der Waals surface area contributed by atoms with Crippen molar-refractivity contribution in [1.82, 2.24) is 4.90 Å². The molecule has 0 aliphatic heterocycles. The van der Waals surface area contributed by atoms with E-state index in [4.69, 9.17) is 9.47 Å². The molecule has 0 bridgehead atoms. The Morgan fingerprint density at radius 3 is 2.17 bits per heavy atom. The molecule has 0 fully saturated rings. The molecule has 4 heteroatoms. The normalized spacial score (nSPS) is 9.94. The van der Waals surface area contributed by atoms with Crippen molar-refractivity contribution in [3.05, 3.63) is 24.3 Å². The zero-order chi connectivity index (χ0) is 13.4. The number of nitrogens with zero attached hydrogens (tertiary/aromatic N) is 1. The second-order valence-corrected chi connectivity index (χ2v) is 4.02. The van der Waals surface area contributed by atoms with Crippen molar-refractivity contribution < 1.29 is 14.3 Å². The third-order valence-electron chi connectivity index (χ3n) is 2.56. The molecule has 0 N–H and O–H groups in total. The van der Waals surface area contributed by atoms with Gasteiger partial charge in [0.05, 0.1) is 6.61 Å². The minimum atomic E-state index is -0.0243. The van der Waals surface area contributed by atoms with Gasteiger partial charge in [-0.25, -0.2) is 0 Å². The summed E-state index contributed by atoms with van der Waals surface area (Å²) >= 11 is 0. The highest BCUT2D eigenvalue weighted by atomic mass is 16.5. The zero-order valence-electron chi connectivity index (χ0n) is 11.3. The number of carbonyl (C=O) groups excluding carboxylic acids is 1. The van der Waals surface area contributed by atoms with Crippen LogP contribution >= 0.6 is 0 Å². The minimum absolute atomic E-state index is 0.0243. The Hall–Kier alpha value is -1.71. The molecule has 0 heterocycles. The molecule has 0 aromatic heterocycles. The van der Waals surface area contributed by atoms with Gasteiger partial charge in [0.1, 0.15) is 11.5 Å². The van der Waals surface area contributed by atoms with Crippen molar-refractivity contribution in [2.45, 2.75) is 20.3 Å². The van der Waals surface area contributed by atoms with E-state index in [9.17, 15) is 4.79 Å². The maximum atomic E-state index is 11.5. The predicted octanol–water partition coefficient (Wildman–Crippen LogP) is 2.33. The molecule has 18 heavy (non-hydrogen) atoms. The Labute approximate surface area is 108 Å². The van der Waals surface area contributed by atoms with Crippen LogP contribution in [0, 0.1) is 0 Å². The smallest absolute Gasteiger partial charge is 0.260 e. The average molecular weight is 251 g/mol. The predicted molar refractivity (Wildman–Crippen MR) is 71.0 cm³/mol. The molecule has 1 aromatic carbocycles. The molecule has 0 saturated carbocycles. The number of hydrogen-bond donors (Lipinski definition) is 0. The highest BCUT2D eigenvalue weighted by molar-refractivity contribution is 5.77. The number of likely N-dealkylation sites (N-methyl/N-ethyl adjacent to an activating group) is 1. The van der Waals surface area contributed by atoms with Crippen molar-refractivity contribution in [3.63, 3.8) is 0 Å². The van der Waals surface area contributed by atoms with Crippen LogP contribution in [0.2, 0.25) is 0 Å². The lowest BCUT2D eigenvalue weighted by Gasteiger charge is -2.14. The molecule has 0 aliphatic carbocycles. The van der Waals surface area contributed by atoms with E-state index in [-0.39, 0.29) is 12.5 Å². The van der Waals surface area contributed by atoms with E-state index >= 15 is 0 Å². The first-order valence-electron chi connectivity index (χ1n) is 6.27. The van der Waals surface area contributed by atoms with Crippen LogP contribution in [-0.2, 0) is 4.79 Å². The maximum Gasteiger partial charge on any atom is 0.260 e. The third kappa shape index (κ3) is 4.65. The lowest BCUT2D eigenvalue weighted by Crippen LogP contribution is -2.31. The van der Waals surface area contributed by atoms with Gasteiger partial charge in [-0.1, -0.05) is 6.92 Å². The number of benzene rings is 1. The molecule has 0 radical (unpaired) electrons. The summed E-state index contributed by atoms with van der Waals surface area (Å²) in [6.45, 7) is 5.45. The lowest BCUT2D eigenvalue weighted by atomic mass is 10.3. The van der Waals surface area contributed by atoms with Crippen LogP contribution in [0.1, 0.15) is 20.3 Å². The van der Waals surface area contributed by atoms with Gasteiger partial charge in [-0.15, -0.1) is 0 Å². The second kappa shape index (κ2) is 7.58. The van der Waals surface area contributed by atoms with E-state index in [0.29, 0.717) is 18.9 Å². The molecule has 1 aromatic rings. The Bertz CT molecular complexity index is 362. The van der Waals surface area contributed by atoms with Gasteiger partial charge < -0.3 is 14.4 Å². The van der Waals surface area contributed by atoms with Gasteiger partial charge in [0.2, 0.25) is 0 Å². The molecule has 0 aliphatic rings. The van der Waals surface area contributed by atoms with Crippen molar-refractivity contribution >= 4 is 5.91 Å². The summed E-state index contributed by atoms with van der Waals surface area (Å²) in [4.78, 5) is 13.2. The summed E-state index contributed by atoms with van der Waals surface area (Å²) in [7, 11) is 1.76. The fourth-order valence-corrected chi connectivity index (χ4v) is 1.28. The molecule has 4 nitrogen and oxygen atoms in total. The maximum absolute atomic E-state index is 11.5. The first kappa shape index (κ1) is 14.4. The first-order chi connectivity index (χ1) is 8.67. The van der Waals surface area contributed by atoms with Crippen LogP contribution in [-0.4, -0.2) is 37.6 Å². The number of rotatable bonds is 7. The van der Waals surface area contributed by atoms with E-state index < -0.39 is 0 Å². The van der Waals surface area contributed by atoms with Gasteiger partial charge in [-0.2, -0.15) is 0 Å². The van der Waals surface area contributed by atoms with Crippen LogP contribution in [0.15, 0.2) is 24.3 Å². The Balaban J connectivity index is 2.41. The Morgan fingerprint density at radius 2 is 1.67 bits per heavy atom. The summed E-state index contributed by atoms with van der Waals surface area (Å²) in [6, 6.07) is 7.31. The molecular weight excluding hydrogens is 230 g/mol. The fourth-order valence-electron chi connectivity index (χ4n) is 1.28. The van der Waals surface area contributed by atoms with Crippen LogP contribution in [0.3, 0.4) is 0 Å². The monoisotopic (exact) mass is 251 g/mol. The third-order valence-corrected chi connectivity index (χ3v) is 2.56. The molecular formula is C14H21NO3. The molecule has 0 spiro atoms. The Morgan fingerprint density at radius 1 is 1.11 bits per heavy atom. The largest absolute Gasteiger partial charge is 0.494 e. The van der Waals surface area contributed by atoms with Gasteiger partial charge >= 0.3 is 0 Å². The van der Waals surface area contributed by atoms with Crippen LogP contribution in [0.25, 0.3) is 0 Å². The van der Waals surface area contributed by atoms with E-state index in [0.717, 1.165) is 12.2 Å². The summed E-state index contributed by atoms with van der Waals surface area (Å²) in [5.41, 5.74) is 0. The SMILES string of the molecule is CCCOc1ccc(OCC(=O)N(C)CC)cc1. The second-order valence-electron chi connectivity index (χ2n) is 4.02. The quantitative estimate of drug-likeness (QED) is 0.746. The van der Waals surface area contributed by atoms with E-state index in [1.165, 1.54) is 0 Å². The molecule has 1 amide bonds. The molecule has 1 rings (SSSR count). The average Bonchev–Trinajstić information content (AvgIpc) is 2.42. The number of hydrogen-bond acceptors (Lipinski definition) is 3.